The normalized spacial score (nSPS) is 11.4. The van der Waals surface area contributed by atoms with Gasteiger partial charge in [-0.3, -0.25) is 20.3 Å². The van der Waals surface area contributed by atoms with Crippen molar-refractivity contribution in [3.05, 3.63) is 47.7 Å². The summed E-state index contributed by atoms with van der Waals surface area (Å²) in [6.45, 7) is 6.27. The number of nitrogens with zero attached hydrogens (tertiary/aromatic N) is 3. The van der Waals surface area contributed by atoms with Crippen LogP contribution in [0.5, 0.6) is 0 Å². The van der Waals surface area contributed by atoms with Crippen LogP contribution in [-0.4, -0.2) is 20.8 Å². The fourth-order valence-electron chi connectivity index (χ4n) is 2.37. The van der Waals surface area contributed by atoms with Crippen molar-refractivity contribution in [3.8, 4) is 11.1 Å². The van der Waals surface area contributed by atoms with Crippen LogP contribution in [0.4, 0.5) is 15.6 Å². The first-order chi connectivity index (χ1) is 11.8. The minimum absolute atomic E-state index is 0.0730. The number of anilines is 2. The second kappa shape index (κ2) is 6.68. The van der Waals surface area contributed by atoms with E-state index >= 15 is 0 Å². The smallest absolute Gasteiger partial charge is 0.299 e. The zero-order chi connectivity index (χ0) is 18.0. The van der Waals surface area contributed by atoms with Crippen molar-refractivity contribution in [2.75, 3.05) is 10.6 Å². The number of hydrogen-bond acceptors (Lipinski definition) is 4. The standard InChI is InChI=1S/C18H21N5OS/c1-18(2,3)14-11-15(23(4)22-14)20-17(24)21-16-13(7-10-25-16)12-5-8-19-9-6-12/h5-11H,1-4H3,(H2,20,21,24). The van der Waals surface area contributed by atoms with Gasteiger partial charge in [0, 0.05) is 36.5 Å². The fourth-order valence-corrected chi connectivity index (χ4v) is 3.17. The van der Waals surface area contributed by atoms with E-state index in [9.17, 15) is 4.79 Å². The van der Waals surface area contributed by atoms with Gasteiger partial charge < -0.3 is 0 Å². The van der Waals surface area contributed by atoms with Crippen molar-refractivity contribution in [1.29, 1.82) is 0 Å². The highest BCUT2D eigenvalue weighted by molar-refractivity contribution is 7.15. The van der Waals surface area contributed by atoms with Gasteiger partial charge in [-0.05, 0) is 29.1 Å². The molecular weight excluding hydrogens is 334 g/mol. The molecule has 0 fully saturated rings. The monoisotopic (exact) mass is 355 g/mol. The summed E-state index contributed by atoms with van der Waals surface area (Å²) < 4.78 is 1.68. The number of amides is 2. The van der Waals surface area contributed by atoms with E-state index in [2.05, 4.69) is 41.5 Å². The number of pyridine rings is 1. The van der Waals surface area contributed by atoms with Crippen molar-refractivity contribution in [1.82, 2.24) is 14.8 Å². The van der Waals surface area contributed by atoms with Crippen molar-refractivity contribution in [2.45, 2.75) is 26.2 Å². The molecule has 2 amide bonds. The van der Waals surface area contributed by atoms with Crippen molar-refractivity contribution in [3.63, 3.8) is 0 Å². The summed E-state index contributed by atoms with van der Waals surface area (Å²) in [5.74, 6) is 0.657. The van der Waals surface area contributed by atoms with Crippen molar-refractivity contribution < 1.29 is 4.79 Å². The molecule has 130 valence electrons. The molecule has 0 spiro atoms. The number of urea groups is 1. The van der Waals surface area contributed by atoms with Gasteiger partial charge in [-0.25, -0.2) is 4.79 Å². The van der Waals surface area contributed by atoms with Gasteiger partial charge >= 0.3 is 6.03 Å². The van der Waals surface area contributed by atoms with E-state index < -0.39 is 0 Å². The molecule has 0 atom stereocenters. The zero-order valence-electron chi connectivity index (χ0n) is 14.7. The summed E-state index contributed by atoms with van der Waals surface area (Å²) in [5, 5.41) is 13.0. The highest BCUT2D eigenvalue weighted by Gasteiger charge is 2.20. The number of carbonyl (C=O) groups is 1. The summed E-state index contributed by atoms with van der Waals surface area (Å²) in [5.41, 5.74) is 2.85. The van der Waals surface area contributed by atoms with Gasteiger partial charge in [0.1, 0.15) is 10.8 Å². The van der Waals surface area contributed by atoms with Gasteiger partial charge in [-0.2, -0.15) is 5.10 Å². The van der Waals surface area contributed by atoms with Crippen LogP contribution >= 0.6 is 11.3 Å². The predicted molar refractivity (Wildman–Crippen MR) is 102 cm³/mol. The lowest BCUT2D eigenvalue weighted by molar-refractivity contribution is 0.262. The summed E-state index contributed by atoms with van der Waals surface area (Å²) in [6, 6.07) is 7.43. The molecular formula is C18H21N5OS. The Morgan fingerprint density at radius 2 is 1.88 bits per heavy atom. The molecule has 3 rings (SSSR count). The molecule has 0 radical (unpaired) electrons. The van der Waals surface area contributed by atoms with Crippen molar-refractivity contribution >= 4 is 28.2 Å². The van der Waals surface area contributed by atoms with E-state index in [0.717, 1.165) is 21.8 Å². The van der Waals surface area contributed by atoms with Crippen molar-refractivity contribution in [2.24, 2.45) is 7.05 Å². The predicted octanol–water partition coefficient (Wildman–Crippen LogP) is 4.49. The third kappa shape index (κ3) is 3.88. The average molecular weight is 355 g/mol. The van der Waals surface area contributed by atoms with E-state index in [4.69, 9.17) is 0 Å². The Morgan fingerprint density at radius 1 is 1.16 bits per heavy atom. The first-order valence-corrected chi connectivity index (χ1v) is 8.83. The van der Waals surface area contributed by atoms with Crippen LogP contribution < -0.4 is 10.6 Å². The number of nitrogens with one attached hydrogen (secondary N) is 2. The first kappa shape index (κ1) is 17.2. The Morgan fingerprint density at radius 3 is 2.52 bits per heavy atom. The highest BCUT2D eigenvalue weighted by atomic mass is 32.1. The van der Waals surface area contributed by atoms with Crippen LogP contribution in [0.2, 0.25) is 0 Å². The van der Waals surface area contributed by atoms with E-state index in [0.29, 0.717) is 5.82 Å². The number of thiophene rings is 1. The van der Waals surface area contributed by atoms with E-state index in [1.54, 1.807) is 17.1 Å². The van der Waals surface area contributed by atoms with Crippen LogP contribution in [0.3, 0.4) is 0 Å². The summed E-state index contributed by atoms with van der Waals surface area (Å²) in [7, 11) is 1.82. The minimum Gasteiger partial charge on any atom is -0.299 e. The lowest BCUT2D eigenvalue weighted by atomic mass is 9.92. The summed E-state index contributed by atoms with van der Waals surface area (Å²) in [6.07, 6.45) is 3.47. The van der Waals surface area contributed by atoms with Crippen LogP contribution in [0.25, 0.3) is 11.1 Å². The second-order valence-electron chi connectivity index (χ2n) is 6.77. The molecule has 0 saturated carbocycles. The molecule has 0 unspecified atom stereocenters. The molecule has 0 aliphatic carbocycles. The van der Waals surface area contributed by atoms with Gasteiger partial charge in [-0.15, -0.1) is 11.3 Å². The van der Waals surface area contributed by atoms with Crippen LogP contribution in [0.1, 0.15) is 26.5 Å². The lowest BCUT2D eigenvalue weighted by Crippen LogP contribution is -2.20. The largest absolute Gasteiger partial charge is 0.325 e. The maximum Gasteiger partial charge on any atom is 0.325 e. The zero-order valence-corrected chi connectivity index (χ0v) is 15.5. The topological polar surface area (TPSA) is 71.8 Å². The number of aromatic nitrogens is 3. The Labute approximate surface area is 150 Å². The van der Waals surface area contributed by atoms with E-state index in [-0.39, 0.29) is 11.4 Å². The summed E-state index contributed by atoms with van der Waals surface area (Å²) >= 11 is 1.48. The molecule has 7 heteroatoms. The molecule has 3 aromatic rings. The number of carbonyl (C=O) groups excluding carboxylic acids is 1. The third-order valence-electron chi connectivity index (χ3n) is 3.77. The second-order valence-corrected chi connectivity index (χ2v) is 7.68. The van der Waals surface area contributed by atoms with Gasteiger partial charge in [0.25, 0.3) is 0 Å². The third-order valence-corrected chi connectivity index (χ3v) is 4.60. The first-order valence-electron chi connectivity index (χ1n) is 7.95. The lowest BCUT2D eigenvalue weighted by Gasteiger charge is -2.13. The Bertz CT molecular complexity index is 877. The molecule has 6 nitrogen and oxygen atoms in total. The van der Waals surface area contributed by atoms with Crippen LogP contribution in [0, 0.1) is 0 Å². The molecule has 3 aromatic heterocycles. The molecule has 0 aliphatic heterocycles. The molecule has 0 aliphatic rings. The van der Waals surface area contributed by atoms with E-state index in [1.165, 1.54) is 11.3 Å². The fraction of sp³-hybridized carbons (Fsp3) is 0.278. The molecule has 0 saturated heterocycles. The maximum atomic E-state index is 12.4. The average Bonchev–Trinajstić information content (AvgIpc) is 3.15. The van der Waals surface area contributed by atoms with Crippen LogP contribution in [-0.2, 0) is 12.5 Å². The maximum absolute atomic E-state index is 12.4. The molecule has 0 aromatic carbocycles. The number of rotatable bonds is 3. The van der Waals surface area contributed by atoms with Gasteiger partial charge in [0.15, 0.2) is 0 Å². The van der Waals surface area contributed by atoms with Gasteiger partial charge in [0.2, 0.25) is 0 Å². The van der Waals surface area contributed by atoms with E-state index in [1.807, 2.05) is 36.7 Å². The molecule has 3 heterocycles. The number of hydrogen-bond donors (Lipinski definition) is 2. The van der Waals surface area contributed by atoms with Gasteiger partial charge in [0.05, 0.1) is 5.69 Å². The van der Waals surface area contributed by atoms with Crippen LogP contribution in [0.15, 0.2) is 42.0 Å². The summed E-state index contributed by atoms with van der Waals surface area (Å²) in [4.78, 5) is 16.4. The highest BCUT2D eigenvalue weighted by Crippen LogP contribution is 2.33. The minimum atomic E-state index is -0.291. The Hall–Kier alpha value is -2.67. The SMILES string of the molecule is Cn1nc(C(C)(C)C)cc1NC(=O)Nc1sccc1-c1ccncc1. The quantitative estimate of drug-likeness (QED) is 0.727. The molecule has 25 heavy (non-hydrogen) atoms. The Balaban J connectivity index is 1.75. The molecule has 2 N–H and O–H groups in total. The molecule has 0 bridgehead atoms. The number of aryl methyl sites for hydroxylation is 1. The van der Waals surface area contributed by atoms with Gasteiger partial charge in [-0.1, -0.05) is 20.8 Å². The Kier molecular flexibility index (Phi) is 4.59.